The number of esters is 1. The number of pyridine rings is 1. The SMILES string of the molecule is O=C(OCc1cnc2ccccc2c1)[C@@H]1CCCN1C(=O)[O-]. The molecular formula is C16H15N2O4-. The molecule has 22 heavy (non-hydrogen) atoms. The minimum atomic E-state index is -1.33. The molecule has 0 N–H and O–H groups in total. The number of nitrogens with zero attached hydrogens (tertiary/aromatic N) is 2. The first-order valence-electron chi connectivity index (χ1n) is 7.13. The highest BCUT2D eigenvalue weighted by molar-refractivity contribution is 5.81. The molecule has 0 unspecified atom stereocenters. The number of likely N-dealkylation sites (tertiary alicyclic amines) is 1. The summed E-state index contributed by atoms with van der Waals surface area (Å²) in [5, 5.41) is 11.9. The molecule has 0 bridgehead atoms. The third-order valence-corrected chi connectivity index (χ3v) is 3.79. The summed E-state index contributed by atoms with van der Waals surface area (Å²) >= 11 is 0. The number of hydrogen-bond donors (Lipinski definition) is 0. The number of fused-ring (bicyclic) bond motifs is 1. The zero-order valence-corrected chi connectivity index (χ0v) is 11.9. The van der Waals surface area contributed by atoms with E-state index < -0.39 is 18.1 Å². The van der Waals surface area contributed by atoms with Crippen LogP contribution in [0, 0.1) is 0 Å². The van der Waals surface area contributed by atoms with Gasteiger partial charge in [-0.2, -0.15) is 0 Å². The number of benzene rings is 1. The van der Waals surface area contributed by atoms with E-state index >= 15 is 0 Å². The second-order valence-corrected chi connectivity index (χ2v) is 5.26. The minimum Gasteiger partial charge on any atom is -0.530 e. The van der Waals surface area contributed by atoms with Crippen molar-refractivity contribution in [3.05, 3.63) is 42.1 Å². The number of carbonyl (C=O) groups is 2. The molecule has 0 spiro atoms. The van der Waals surface area contributed by atoms with E-state index in [-0.39, 0.29) is 6.61 Å². The van der Waals surface area contributed by atoms with E-state index in [1.54, 1.807) is 6.20 Å². The van der Waals surface area contributed by atoms with Gasteiger partial charge < -0.3 is 19.5 Å². The molecule has 1 saturated heterocycles. The van der Waals surface area contributed by atoms with Crippen molar-refractivity contribution in [2.45, 2.75) is 25.5 Å². The molecule has 1 atom stereocenters. The Bertz CT molecular complexity index is 716. The Balaban J connectivity index is 1.66. The third-order valence-electron chi connectivity index (χ3n) is 3.79. The molecule has 1 aliphatic heterocycles. The van der Waals surface area contributed by atoms with E-state index in [0.717, 1.165) is 21.4 Å². The predicted octanol–water partition coefficient (Wildman–Crippen LogP) is 1.09. The Morgan fingerprint density at radius 2 is 2.18 bits per heavy atom. The molecule has 3 rings (SSSR count). The second kappa shape index (κ2) is 6.01. The predicted molar refractivity (Wildman–Crippen MR) is 76.7 cm³/mol. The quantitative estimate of drug-likeness (QED) is 0.792. The lowest BCUT2D eigenvalue weighted by Gasteiger charge is -2.25. The maximum Gasteiger partial charge on any atom is 0.329 e. The van der Waals surface area contributed by atoms with Crippen molar-refractivity contribution in [3.63, 3.8) is 0 Å². The van der Waals surface area contributed by atoms with Gasteiger partial charge in [-0.3, -0.25) is 4.98 Å². The summed E-state index contributed by atoms with van der Waals surface area (Å²) in [6.07, 6.45) is 1.45. The van der Waals surface area contributed by atoms with Crippen LogP contribution in [-0.4, -0.2) is 34.5 Å². The summed E-state index contributed by atoms with van der Waals surface area (Å²) in [7, 11) is 0. The molecule has 0 saturated carbocycles. The maximum atomic E-state index is 12.0. The lowest BCUT2D eigenvalue weighted by molar-refractivity contribution is -0.266. The van der Waals surface area contributed by atoms with Crippen molar-refractivity contribution >= 4 is 23.0 Å². The van der Waals surface area contributed by atoms with Crippen LogP contribution >= 0.6 is 0 Å². The fraction of sp³-hybridized carbons (Fsp3) is 0.312. The van der Waals surface area contributed by atoms with Crippen LogP contribution in [0.1, 0.15) is 18.4 Å². The second-order valence-electron chi connectivity index (χ2n) is 5.26. The number of carboxylic acid groups (broad SMARTS) is 1. The van der Waals surface area contributed by atoms with Gasteiger partial charge in [-0.05, 0) is 25.0 Å². The molecular weight excluding hydrogens is 284 g/mol. The summed E-state index contributed by atoms with van der Waals surface area (Å²) in [5.74, 6) is -0.533. The first-order chi connectivity index (χ1) is 10.6. The maximum absolute atomic E-state index is 12.0. The van der Waals surface area contributed by atoms with Crippen molar-refractivity contribution in [1.82, 2.24) is 9.88 Å². The average molecular weight is 299 g/mol. The van der Waals surface area contributed by atoms with Crippen LogP contribution in [0.4, 0.5) is 4.79 Å². The van der Waals surface area contributed by atoms with Gasteiger partial charge >= 0.3 is 5.97 Å². The molecule has 114 valence electrons. The Labute approximate surface area is 127 Å². The highest BCUT2D eigenvalue weighted by atomic mass is 16.5. The van der Waals surface area contributed by atoms with Crippen molar-refractivity contribution in [2.75, 3.05) is 6.54 Å². The van der Waals surface area contributed by atoms with Gasteiger partial charge in [-0.15, -0.1) is 0 Å². The number of rotatable bonds is 3. The molecule has 6 heteroatoms. The lowest BCUT2D eigenvalue weighted by Crippen LogP contribution is -2.47. The summed E-state index contributed by atoms with van der Waals surface area (Å²) in [6.45, 7) is 0.397. The monoisotopic (exact) mass is 299 g/mol. The summed E-state index contributed by atoms with van der Waals surface area (Å²) in [4.78, 5) is 28.3. The van der Waals surface area contributed by atoms with Crippen LogP contribution in [-0.2, 0) is 16.1 Å². The van der Waals surface area contributed by atoms with Crippen molar-refractivity contribution < 1.29 is 19.4 Å². The zero-order valence-electron chi connectivity index (χ0n) is 11.9. The van der Waals surface area contributed by atoms with Crippen LogP contribution in [0.15, 0.2) is 36.5 Å². The zero-order chi connectivity index (χ0) is 15.5. The van der Waals surface area contributed by atoms with Gasteiger partial charge in [0.05, 0.1) is 5.52 Å². The molecule has 1 aromatic heterocycles. The Morgan fingerprint density at radius 3 is 3.00 bits per heavy atom. The van der Waals surface area contributed by atoms with Crippen LogP contribution in [0.25, 0.3) is 10.9 Å². The van der Waals surface area contributed by atoms with E-state index in [4.69, 9.17) is 4.74 Å². The molecule has 0 aliphatic carbocycles. The van der Waals surface area contributed by atoms with Crippen molar-refractivity contribution in [2.24, 2.45) is 0 Å². The minimum absolute atomic E-state index is 0.0774. The number of hydrogen-bond acceptors (Lipinski definition) is 5. The van der Waals surface area contributed by atoms with Crippen LogP contribution < -0.4 is 5.11 Å². The van der Waals surface area contributed by atoms with Gasteiger partial charge in [0.2, 0.25) is 0 Å². The van der Waals surface area contributed by atoms with Crippen molar-refractivity contribution in [3.8, 4) is 0 Å². The fourth-order valence-electron chi connectivity index (χ4n) is 2.68. The number of amides is 1. The normalized spacial score (nSPS) is 17.6. The van der Waals surface area contributed by atoms with Gasteiger partial charge in [-0.25, -0.2) is 4.79 Å². The highest BCUT2D eigenvalue weighted by Gasteiger charge is 2.31. The summed E-state index contributed by atoms with van der Waals surface area (Å²) < 4.78 is 5.23. The van der Waals surface area contributed by atoms with Crippen LogP contribution in [0.2, 0.25) is 0 Å². The molecule has 2 heterocycles. The van der Waals surface area contributed by atoms with Gasteiger partial charge in [0, 0.05) is 23.7 Å². The van der Waals surface area contributed by atoms with Crippen LogP contribution in [0.3, 0.4) is 0 Å². The Kier molecular flexibility index (Phi) is 3.91. The number of aromatic nitrogens is 1. The highest BCUT2D eigenvalue weighted by Crippen LogP contribution is 2.19. The van der Waals surface area contributed by atoms with Crippen LogP contribution in [0.5, 0.6) is 0 Å². The average Bonchev–Trinajstić information content (AvgIpc) is 3.02. The topological polar surface area (TPSA) is 82.6 Å². The standard InChI is InChI=1S/C16H16N2O4/c19-15(14-6-3-7-18(14)16(20)21)22-10-11-8-12-4-1-2-5-13(12)17-9-11/h1-2,4-5,8-9,14H,3,6-7,10H2,(H,20,21)/p-1/t14-/m0/s1. The van der Waals surface area contributed by atoms with Gasteiger partial charge in [0.25, 0.3) is 0 Å². The Morgan fingerprint density at radius 1 is 1.36 bits per heavy atom. The molecule has 0 radical (unpaired) electrons. The van der Waals surface area contributed by atoms with E-state index in [1.165, 1.54) is 0 Å². The molecule has 6 nitrogen and oxygen atoms in total. The molecule has 1 amide bonds. The Hall–Kier alpha value is -2.63. The molecule has 1 aliphatic rings. The number of ether oxygens (including phenoxy) is 1. The number of para-hydroxylation sites is 1. The molecule has 1 aromatic carbocycles. The van der Waals surface area contributed by atoms with Crippen molar-refractivity contribution in [1.29, 1.82) is 0 Å². The van der Waals surface area contributed by atoms with Gasteiger partial charge in [0.1, 0.15) is 18.7 Å². The summed E-state index contributed by atoms with van der Waals surface area (Å²) in [5.41, 5.74) is 1.64. The first-order valence-corrected chi connectivity index (χ1v) is 7.13. The largest absolute Gasteiger partial charge is 0.530 e. The first kappa shape index (κ1) is 14.3. The smallest absolute Gasteiger partial charge is 0.329 e. The molecule has 1 fully saturated rings. The van der Waals surface area contributed by atoms with E-state index in [0.29, 0.717) is 19.4 Å². The van der Waals surface area contributed by atoms with E-state index in [9.17, 15) is 14.7 Å². The molecule has 2 aromatic rings. The van der Waals surface area contributed by atoms with Gasteiger partial charge in [-0.1, -0.05) is 18.2 Å². The number of carbonyl (C=O) groups excluding carboxylic acids is 2. The van der Waals surface area contributed by atoms with Gasteiger partial charge in [0.15, 0.2) is 0 Å². The lowest BCUT2D eigenvalue weighted by atomic mass is 10.2. The van der Waals surface area contributed by atoms with E-state index in [2.05, 4.69) is 4.98 Å². The summed E-state index contributed by atoms with van der Waals surface area (Å²) in [6, 6.07) is 8.81. The fourth-order valence-corrected chi connectivity index (χ4v) is 2.68. The third kappa shape index (κ3) is 2.86. The van der Waals surface area contributed by atoms with E-state index in [1.807, 2.05) is 30.3 Å².